The first-order chi connectivity index (χ1) is 13.0. The normalized spacial score (nSPS) is 17.5. The molecule has 0 radical (unpaired) electrons. The minimum absolute atomic E-state index is 0.0161. The number of piperazine rings is 1. The highest BCUT2D eigenvalue weighted by Gasteiger charge is 2.27. The van der Waals surface area contributed by atoms with Gasteiger partial charge in [0.2, 0.25) is 0 Å². The van der Waals surface area contributed by atoms with Crippen LogP contribution in [-0.4, -0.2) is 60.0 Å². The highest BCUT2D eigenvalue weighted by Crippen LogP contribution is 2.33. The zero-order valence-corrected chi connectivity index (χ0v) is 19.5. The van der Waals surface area contributed by atoms with E-state index < -0.39 is 11.6 Å². The van der Waals surface area contributed by atoms with E-state index in [4.69, 9.17) is 32.7 Å². The molecule has 0 spiro atoms. The fraction of sp³-hybridized carbons (Fsp3) is 0.556. The molecule has 1 fully saturated rings. The second-order valence-electron chi connectivity index (χ2n) is 7.41. The predicted octanol–water partition coefficient (Wildman–Crippen LogP) is 4.02. The van der Waals surface area contributed by atoms with Crippen molar-refractivity contribution in [1.82, 2.24) is 10.2 Å². The van der Waals surface area contributed by atoms with Crippen LogP contribution in [0.3, 0.4) is 0 Å². The third kappa shape index (κ3) is 6.35. The van der Waals surface area contributed by atoms with E-state index in [0.29, 0.717) is 28.8 Å². The molecule has 1 atom stereocenters. The van der Waals surface area contributed by atoms with Gasteiger partial charge in [-0.3, -0.25) is 0 Å². The first kappa shape index (κ1) is 23.5. The molecule has 2 N–H and O–H groups in total. The summed E-state index contributed by atoms with van der Waals surface area (Å²) in [6, 6.07) is 1.28. The molecular formula is C18H23Cl2IN2O5. The average Bonchev–Trinajstić information content (AvgIpc) is 2.60. The molecule has 10 heteroatoms. The second kappa shape index (κ2) is 9.80. The van der Waals surface area contributed by atoms with Crippen LogP contribution < -0.4 is 5.32 Å². The summed E-state index contributed by atoms with van der Waals surface area (Å²) >= 11 is 14.3. The second-order valence-corrected chi connectivity index (χ2v) is 9.27. The largest absolute Gasteiger partial charge is 0.478 e. The zero-order chi connectivity index (χ0) is 21.1. The Morgan fingerprint density at radius 2 is 2.07 bits per heavy atom. The van der Waals surface area contributed by atoms with E-state index in [1.165, 1.54) is 6.07 Å². The molecule has 0 aromatic heterocycles. The Bertz CT molecular complexity index is 754. The van der Waals surface area contributed by atoms with Gasteiger partial charge in [-0.2, -0.15) is 0 Å². The highest BCUT2D eigenvalue weighted by atomic mass is 127. The summed E-state index contributed by atoms with van der Waals surface area (Å²) in [5.41, 5.74) is -0.158. The van der Waals surface area contributed by atoms with Gasteiger partial charge in [-0.25, -0.2) is 9.59 Å². The number of carbonyl (C=O) groups is 2. The lowest BCUT2D eigenvalue weighted by molar-refractivity contribution is 0.0126. The van der Waals surface area contributed by atoms with Gasteiger partial charge in [0.05, 0.1) is 32.4 Å². The lowest BCUT2D eigenvalue weighted by Crippen LogP contribution is -2.55. The average molecular weight is 545 g/mol. The van der Waals surface area contributed by atoms with Crippen LogP contribution in [0.1, 0.15) is 36.7 Å². The highest BCUT2D eigenvalue weighted by molar-refractivity contribution is 14.1. The topological polar surface area (TPSA) is 88.1 Å². The van der Waals surface area contributed by atoms with Crippen molar-refractivity contribution in [2.75, 3.05) is 26.2 Å². The molecule has 1 heterocycles. The molecule has 156 valence electrons. The van der Waals surface area contributed by atoms with Crippen molar-refractivity contribution in [3.05, 3.63) is 30.8 Å². The first-order valence-electron chi connectivity index (χ1n) is 8.68. The molecule has 0 bridgehead atoms. The zero-order valence-electron chi connectivity index (χ0n) is 15.9. The Labute approximate surface area is 187 Å². The van der Waals surface area contributed by atoms with Crippen LogP contribution in [0, 0.1) is 3.57 Å². The summed E-state index contributed by atoms with van der Waals surface area (Å²) in [6.07, 6.45) is -0.359. The van der Waals surface area contributed by atoms with Gasteiger partial charge in [0.15, 0.2) is 0 Å². The molecule has 1 aliphatic rings. The van der Waals surface area contributed by atoms with Gasteiger partial charge in [0.25, 0.3) is 0 Å². The third-order valence-electron chi connectivity index (χ3n) is 3.97. The number of aromatic carboxylic acids is 1. The van der Waals surface area contributed by atoms with Gasteiger partial charge in [0.1, 0.15) is 5.60 Å². The maximum Gasteiger partial charge on any atom is 0.410 e. The summed E-state index contributed by atoms with van der Waals surface area (Å²) < 4.78 is 11.7. The Morgan fingerprint density at radius 1 is 1.39 bits per heavy atom. The van der Waals surface area contributed by atoms with E-state index in [1.54, 1.807) is 4.90 Å². The van der Waals surface area contributed by atoms with Crippen molar-refractivity contribution in [3.63, 3.8) is 0 Å². The van der Waals surface area contributed by atoms with Crippen LogP contribution in [0.5, 0.6) is 0 Å². The number of ether oxygens (including phenoxy) is 2. The summed E-state index contributed by atoms with van der Waals surface area (Å²) in [5.74, 6) is -1.12. The van der Waals surface area contributed by atoms with Crippen LogP contribution in [-0.2, 0) is 16.1 Å². The molecular weight excluding hydrogens is 522 g/mol. The molecule has 1 aromatic rings. The number of benzene rings is 1. The Balaban J connectivity index is 1.97. The van der Waals surface area contributed by atoms with Crippen molar-refractivity contribution in [1.29, 1.82) is 0 Å². The van der Waals surface area contributed by atoms with Crippen LogP contribution >= 0.6 is 45.8 Å². The summed E-state index contributed by atoms with van der Waals surface area (Å²) in [6.45, 7) is 7.39. The first-order valence-corrected chi connectivity index (χ1v) is 10.5. The van der Waals surface area contributed by atoms with Crippen molar-refractivity contribution in [2.45, 2.75) is 39.0 Å². The smallest absolute Gasteiger partial charge is 0.410 e. The lowest BCUT2D eigenvalue weighted by atomic mass is 10.1. The summed E-state index contributed by atoms with van der Waals surface area (Å²) in [4.78, 5) is 25.4. The number of carboxylic acids is 1. The Hall–Kier alpha value is -0.810. The minimum atomic E-state index is -1.12. The van der Waals surface area contributed by atoms with E-state index in [0.717, 1.165) is 0 Å². The SMILES string of the molecule is CC(C)(C)OC(=O)N1CCN[C@@H](COCc2c(C(=O)O)cc(Cl)c(I)c2Cl)C1. The maximum atomic E-state index is 12.2. The molecule has 0 saturated carbocycles. The number of rotatable bonds is 5. The van der Waals surface area contributed by atoms with Gasteiger partial charge >= 0.3 is 12.1 Å². The van der Waals surface area contributed by atoms with Crippen LogP contribution in [0.4, 0.5) is 4.79 Å². The molecule has 28 heavy (non-hydrogen) atoms. The van der Waals surface area contributed by atoms with Gasteiger partial charge in [-0.15, -0.1) is 0 Å². The lowest BCUT2D eigenvalue weighted by Gasteiger charge is -2.34. The van der Waals surface area contributed by atoms with E-state index in [-0.39, 0.29) is 41.0 Å². The number of amides is 1. The maximum absolute atomic E-state index is 12.2. The van der Waals surface area contributed by atoms with E-state index in [9.17, 15) is 14.7 Å². The predicted molar refractivity (Wildman–Crippen MR) is 115 cm³/mol. The number of nitrogens with zero attached hydrogens (tertiary/aromatic N) is 1. The molecule has 0 unspecified atom stereocenters. The number of carbonyl (C=O) groups excluding carboxylic acids is 1. The summed E-state index contributed by atoms with van der Waals surface area (Å²) in [5, 5.41) is 13.2. The number of hydrogen-bond acceptors (Lipinski definition) is 5. The van der Waals surface area contributed by atoms with E-state index in [1.807, 2.05) is 43.4 Å². The molecule has 2 rings (SSSR count). The fourth-order valence-corrected chi connectivity index (χ4v) is 3.69. The quantitative estimate of drug-likeness (QED) is 0.430. The Morgan fingerprint density at radius 3 is 2.68 bits per heavy atom. The fourth-order valence-electron chi connectivity index (χ4n) is 2.70. The standard InChI is InChI=1S/C18H23Cl2IN2O5/c1-18(2,3)28-17(26)23-5-4-22-10(7-23)8-27-9-12-11(16(24)25)6-13(19)15(21)14(12)20/h6,10,22H,4-5,7-9H2,1-3H3,(H,24,25)/t10-/m1/s1. The number of nitrogens with one attached hydrogen (secondary N) is 1. The third-order valence-corrected chi connectivity index (χ3v) is 6.44. The number of carboxylic acid groups (broad SMARTS) is 1. The Kier molecular flexibility index (Phi) is 8.21. The van der Waals surface area contributed by atoms with Crippen molar-refractivity contribution < 1.29 is 24.2 Å². The van der Waals surface area contributed by atoms with Crippen LogP contribution in [0.25, 0.3) is 0 Å². The van der Waals surface area contributed by atoms with Crippen LogP contribution in [0.2, 0.25) is 10.0 Å². The number of hydrogen-bond donors (Lipinski definition) is 2. The molecule has 0 aliphatic carbocycles. The molecule has 1 saturated heterocycles. The van der Waals surface area contributed by atoms with E-state index in [2.05, 4.69) is 5.32 Å². The van der Waals surface area contributed by atoms with Crippen molar-refractivity contribution >= 4 is 57.9 Å². The number of halogens is 3. The van der Waals surface area contributed by atoms with Gasteiger partial charge in [-0.05, 0) is 49.4 Å². The van der Waals surface area contributed by atoms with Crippen LogP contribution in [0.15, 0.2) is 6.07 Å². The molecule has 1 aliphatic heterocycles. The van der Waals surface area contributed by atoms with Crippen molar-refractivity contribution in [3.8, 4) is 0 Å². The minimum Gasteiger partial charge on any atom is -0.478 e. The van der Waals surface area contributed by atoms with Gasteiger partial charge < -0.3 is 24.8 Å². The van der Waals surface area contributed by atoms with E-state index >= 15 is 0 Å². The summed E-state index contributed by atoms with van der Waals surface area (Å²) in [7, 11) is 0. The van der Waals surface area contributed by atoms with Gasteiger partial charge in [0, 0.05) is 31.2 Å². The molecule has 7 nitrogen and oxygen atoms in total. The monoisotopic (exact) mass is 544 g/mol. The molecule has 1 amide bonds. The van der Waals surface area contributed by atoms with Gasteiger partial charge in [-0.1, -0.05) is 23.2 Å². The van der Waals surface area contributed by atoms with Crippen molar-refractivity contribution in [2.24, 2.45) is 0 Å². The molecule has 1 aromatic carbocycles.